The van der Waals surface area contributed by atoms with E-state index in [0.29, 0.717) is 5.82 Å². The van der Waals surface area contributed by atoms with Gasteiger partial charge in [-0.15, -0.1) is 0 Å². The average Bonchev–Trinajstić information content (AvgIpc) is 2.47. The van der Waals surface area contributed by atoms with E-state index in [0.717, 1.165) is 29.1 Å². The van der Waals surface area contributed by atoms with Gasteiger partial charge in [-0.3, -0.25) is 0 Å². The van der Waals surface area contributed by atoms with Crippen LogP contribution in [0.15, 0.2) is 24.4 Å². The number of ether oxygens (including phenoxy) is 1. The van der Waals surface area contributed by atoms with Gasteiger partial charge in [0.25, 0.3) is 0 Å². The number of benzene rings is 1. The van der Waals surface area contributed by atoms with E-state index in [9.17, 15) is 0 Å². The first-order chi connectivity index (χ1) is 9.19. The lowest BCUT2D eigenvalue weighted by molar-refractivity contribution is 0.416. The Kier molecular flexibility index (Phi) is 4.00. The van der Waals surface area contributed by atoms with Gasteiger partial charge in [-0.1, -0.05) is 13.0 Å². The molecule has 0 aliphatic heterocycles. The maximum Gasteiger partial charge on any atom is 0.165 e. The minimum atomic E-state index is 0.683. The Morgan fingerprint density at radius 1 is 1.32 bits per heavy atom. The van der Waals surface area contributed by atoms with Crippen molar-refractivity contribution >= 4 is 5.82 Å². The molecule has 0 amide bonds. The third-order valence-corrected chi connectivity index (χ3v) is 3.12. The number of hydrogen-bond acceptors (Lipinski definition) is 4. The van der Waals surface area contributed by atoms with Crippen LogP contribution in [0.2, 0.25) is 0 Å². The number of anilines is 1. The van der Waals surface area contributed by atoms with Gasteiger partial charge in [-0.2, -0.15) is 0 Å². The van der Waals surface area contributed by atoms with E-state index in [4.69, 9.17) is 4.74 Å². The van der Waals surface area contributed by atoms with Gasteiger partial charge < -0.3 is 10.1 Å². The maximum absolute atomic E-state index is 5.40. The first-order valence-corrected chi connectivity index (χ1v) is 6.38. The summed E-state index contributed by atoms with van der Waals surface area (Å²) in [4.78, 5) is 8.95. The Labute approximate surface area is 113 Å². The van der Waals surface area contributed by atoms with Crippen molar-refractivity contribution in [2.75, 3.05) is 19.5 Å². The minimum Gasteiger partial charge on any atom is -0.496 e. The third-order valence-electron chi connectivity index (χ3n) is 3.12. The molecule has 100 valence electrons. The number of nitrogens with zero attached hydrogens (tertiary/aromatic N) is 2. The second kappa shape index (κ2) is 5.69. The molecule has 1 aromatic carbocycles. The standard InChI is InChI=1S/C15H19N3O/c1-5-11-6-7-13(19-4)12(8-11)15-17-9-10(2)14(16-3)18-15/h6-9H,5H2,1-4H3,(H,16,17,18). The van der Waals surface area contributed by atoms with E-state index in [1.165, 1.54) is 5.56 Å². The first kappa shape index (κ1) is 13.3. The maximum atomic E-state index is 5.40. The number of aromatic nitrogens is 2. The van der Waals surface area contributed by atoms with Crippen molar-refractivity contribution in [2.24, 2.45) is 0 Å². The van der Waals surface area contributed by atoms with Crippen LogP contribution in [0.1, 0.15) is 18.1 Å². The molecule has 1 N–H and O–H groups in total. The zero-order chi connectivity index (χ0) is 13.8. The first-order valence-electron chi connectivity index (χ1n) is 6.38. The van der Waals surface area contributed by atoms with E-state index < -0.39 is 0 Å². The third kappa shape index (κ3) is 2.67. The number of rotatable bonds is 4. The molecule has 0 saturated carbocycles. The fourth-order valence-corrected chi connectivity index (χ4v) is 1.97. The van der Waals surface area contributed by atoms with E-state index in [-0.39, 0.29) is 0 Å². The summed E-state index contributed by atoms with van der Waals surface area (Å²) in [5.41, 5.74) is 3.20. The van der Waals surface area contributed by atoms with Crippen LogP contribution in [0.5, 0.6) is 5.75 Å². The van der Waals surface area contributed by atoms with E-state index in [2.05, 4.69) is 34.3 Å². The summed E-state index contributed by atoms with van der Waals surface area (Å²) in [6.45, 7) is 4.11. The fraction of sp³-hybridized carbons (Fsp3) is 0.333. The number of aryl methyl sites for hydroxylation is 2. The summed E-state index contributed by atoms with van der Waals surface area (Å²) >= 11 is 0. The summed E-state index contributed by atoms with van der Waals surface area (Å²) in [6, 6.07) is 6.12. The molecule has 0 atom stereocenters. The normalized spacial score (nSPS) is 10.3. The predicted molar refractivity (Wildman–Crippen MR) is 77.7 cm³/mol. The zero-order valence-electron chi connectivity index (χ0n) is 11.8. The molecule has 0 spiro atoms. The van der Waals surface area contributed by atoms with Gasteiger partial charge in [0.15, 0.2) is 5.82 Å². The number of hydrogen-bond donors (Lipinski definition) is 1. The molecule has 1 aromatic heterocycles. The molecule has 0 saturated heterocycles. The molecule has 4 nitrogen and oxygen atoms in total. The summed E-state index contributed by atoms with van der Waals surface area (Å²) in [5.74, 6) is 2.32. The van der Waals surface area contributed by atoms with Crippen molar-refractivity contribution in [1.29, 1.82) is 0 Å². The minimum absolute atomic E-state index is 0.683. The van der Waals surface area contributed by atoms with Crippen LogP contribution in [-0.2, 0) is 6.42 Å². The molecule has 0 aliphatic rings. The molecule has 19 heavy (non-hydrogen) atoms. The molecule has 0 fully saturated rings. The highest BCUT2D eigenvalue weighted by atomic mass is 16.5. The highest BCUT2D eigenvalue weighted by molar-refractivity contribution is 5.66. The van der Waals surface area contributed by atoms with Crippen molar-refractivity contribution in [1.82, 2.24) is 9.97 Å². The predicted octanol–water partition coefficient (Wildman–Crippen LogP) is 3.06. The van der Waals surface area contributed by atoms with E-state index in [1.54, 1.807) is 7.11 Å². The molecule has 0 radical (unpaired) electrons. The molecular formula is C15H19N3O. The summed E-state index contributed by atoms with van der Waals surface area (Å²) in [7, 11) is 3.52. The lowest BCUT2D eigenvalue weighted by Crippen LogP contribution is -2.00. The Balaban J connectivity index is 2.56. The number of methoxy groups -OCH3 is 1. The van der Waals surface area contributed by atoms with Crippen LogP contribution in [-0.4, -0.2) is 24.1 Å². The van der Waals surface area contributed by atoms with Gasteiger partial charge in [0.2, 0.25) is 0 Å². The summed E-state index contributed by atoms with van der Waals surface area (Å²) in [5, 5.41) is 3.08. The zero-order valence-corrected chi connectivity index (χ0v) is 11.8. The molecular weight excluding hydrogens is 238 g/mol. The van der Waals surface area contributed by atoms with Gasteiger partial charge in [-0.25, -0.2) is 9.97 Å². The van der Waals surface area contributed by atoms with E-state index >= 15 is 0 Å². The smallest absolute Gasteiger partial charge is 0.165 e. The number of nitrogens with one attached hydrogen (secondary N) is 1. The monoisotopic (exact) mass is 257 g/mol. The SMILES string of the molecule is CCc1ccc(OC)c(-c2ncc(C)c(NC)n2)c1. The van der Waals surface area contributed by atoms with Crippen LogP contribution in [0, 0.1) is 6.92 Å². The van der Waals surface area contributed by atoms with Gasteiger partial charge in [0.1, 0.15) is 11.6 Å². The second-order valence-electron chi connectivity index (χ2n) is 4.36. The molecule has 1 heterocycles. The Hall–Kier alpha value is -2.10. The van der Waals surface area contributed by atoms with Crippen LogP contribution in [0.4, 0.5) is 5.82 Å². The largest absolute Gasteiger partial charge is 0.496 e. The average molecular weight is 257 g/mol. The second-order valence-corrected chi connectivity index (χ2v) is 4.36. The fourth-order valence-electron chi connectivity index (χ4n) is 1.97. The van der Waals surface area contributed by atoms with Crippen molar-refractivity contribution in [3.63, 3.8) is 0 Å². The molecule has 4 heteroatoms. The quantitative estimate of drug-likeness (QED) is 0.914. The summed E-state index contributed by atoms with van der Waals surface area (Å²) in [6.07, 6.45) is 2.80. The topological polar surface area (TPSA) is 47.0 Å². The molecule has 0 bridgehead atoms. The highest BCUT2D eigenvalue weighted by Gasteiger charge is 2.11. The van der Waals surface area contributed by atoms with Gasteiger partial charge >= 0.3 is 0 Å². The van der Waals surface area contributed by atoms with Crippen molar-refractivity contribution in [3.8, 4) is 17.1 Å². The van der Waals surface area contributed by atoms with Crippen LogP contribution in [0.3, 0.4) is 0 Å². The van der Waals surface area contributed by atoms with Crippen molar-refractivity contribution in [3.05, 3.63) is 35.5 Å². The van der Waals surface area contributed by atoms with Crippen molar-refractivity contribution in [2.45, 2.75) is 20.3 Å². The highest BCUT2D eigenvalue weighted by Crippen LogP contribution is 2.29. The van der Waals surface area contributed by atoms with E-state index in [1.807, 2.05) is 26.2 Å². The molecule has 0 aliphatic carbocycles. The van der Waals surface area contributed by atoms with Crippen molar-refractivity contribution < 1.29 is 4.74 Å². The van der Waals surface area contributed by atoms with Crippen LogP contribution in [0.25, 0.3) is 11.4 Å². The van der Waals surface area contributed by atoms with Gasteiger partial charge in [0, 0.05) is 18.8 Å². The Bertz CT molecular complexity index is 582. The lowest BCUT2D eigenvalue weighted by Gasteiger charge is -2.11. The molecule has 2 rings (SSSR count). The molecule has 2 aromatic rings. The molecule has 0 unspecified atom stereocenters. The van der Waals surface area contributed by atoms with Crippen LogP contribution >= 0.6 is 0 Å². The summed E-state index contributed by atoms with van der Waals surface area (Å²) < 4.78 is 5.40. The Morgan fingerprint density at radius 3 is 2.74 bits per heavy atom. The Morgan fingerprint density at radius 2 is 2.11 bits per heavy atom. The van der Waals surface area contributed by atoms with Crippen LogP contribution < -0.4 is 10.1 Å². The lowest BCUT2D eigenvalue weighted by atomic mass is 10.1. The van der Waals surface area contributed by atoms with Gasteiger partial charge in [-0.05, 0) is 31.0 Å². The van der Waals surface area contributed by atoms with Gasteiger partial charge in [0.05, 0.1) is 12.7 Å².